The maximum atomic E-state index is 9.26. The number of benzene rings is 1. The maximum absolute atomic E-state index is 9.26. The number of aromatic nitrogens is 1. The molecular weight excluding hydrogens is 288 g/mol. The van der Waals surface area contributed by atoms with Gasteiger partial charge in [0.25, 0.3) is 0 Å². The van der Waals surface area contributed by atoms with Gasteiger partial charge in [0.15, 0.2) is 0 Å². The van der Waals surface area contributed by atoms with Crippen molar-refractivity contribution in [1.29, 1.82) is 5.26 Å². The minimum absolute atomic E-state index is 0.699. The third-order valence-electron chi connectivity index (χ3n) is 3.43. The number of thioether (sulfide) groups is 1. The SMILES string of the molecule is N#Cc1cc2c(nc1SCc1ccc(Cl)cc1)CCC2. The Morgan fingerprint density at radius 1 is 1.25 bits per heavy atom. The van der Waals surface area contributed by atoms with Crippen LogP contribution in [0.4, 0.5) is 0 Å². The lowest BCUT2D eigenvalue weighted by Gasteiger charge is -2.07. The zero-order valence-electron chi connectivity index (χ0n) is 10.9. The van der Waals surface area contributed by atoms with Crippen LogP contribution in [-0.4, -0.2) is 4.98 Å². The summed E-state index contributed by atoms with van der Waals surface area (Å²) in [5.74, 6) is 0.803. The summed E-state index contributed by atoms with van der Waals surface area (Å²) in [6.07, 6.45) is 3.24. The largest absolute Gasteiger partial charge is 0.245 e. The number of hydrogen-bond acceptors (Lipinski definition) is 3. The molecule has 0 unspecified atom stereocenters. The van der Waals surface area contributed by atoms with E-state index < -0.39 is 0 Å². The highest BCUT2D eigenvalue weighted by Crippen LogP contribution is 2.29. The van der Waals surface area contributed by atoms with Gasteiger partial charge in [0, 0.05) is 16.5 Å². The van der Waals surface area contributed by atoms with Gasteiger partial charge in [0.1, 0.15) is 11.1 Å². The Morgan fingerprint density at radius 2 is 2.05 bits per heavy atom. The third-order valence-corrected chi connectivity index (χ3v) is 4.74. The standard InChI is InChI=1S/C16H13ClN2S/c17-14-6-4-11(5-7-14)10-20-16-13(9-18)8-12-2-1-3-15(12)19-16/h4-8H,1-3,10H2. The quantitative estimate of drug-likeness (QED) is 0.789. The predicted molar refractivity (Wildman–Crippen MR) is 82.0 cm³/mol. The maximum Gasteiger partial charge on any atom is 0.114 e. The molecule has 0 bridgehead atoms. The first-order valence-corrected chi connectivity index (χ1v) is 7.93. The van der Waals surface area contributed by atoms with Crippen LogP contribution in [0, 0.1) is 11.3 Å². The van der Waals surface area contributed by atoms with Gasteiger partial charge in [-0.3, -0.25) is 0 Å². The normalized spacial score (nSPS) is 13.0. The fourth-order valence-electron chi connectivity index (χ4n) is 2.38. The molecule has 1 aliphatic rings. The smallest absolute Gasteiger partial charge is 0.114 e. The van der Waals surface area contributed by atoms with Crippen LogP contribution >= 0.6 is 23.4 Å². The van der Waals surface area contributed by atoms with Crippen molar-refractivity contribution in [2.45, 2.75) is 30.0 Å². The van der Waals surface area contributed by atoms with E-state index in [1.54, 1.807) is 11.8 Å². The number of pyridine rings is 1. The Hall–Kier alpha value is -1.50. The van der Waals surface area contributed by atoms with Crippen molar-refractivity contribution in [1.82, 2.24) is 4.98 Å². The summed E-state index contributed by atoms with van der Waals surface area (Å²) in [5.41, 5.74) is 4.30. The number of rotatable bonds is 3. The number of fused-ring (bicyclic) bond motifs is 1. The molecule has 1 heterocycles. The Balaban J connectivity index is 1.80. The summed E-state index contributed by atoms with van der Waals surface area (Å²) in [7, 11) is 0. The Kier molecular flexibility index (Phi) is 3.95. The van der Waals surface area contributed by atoms with E-state index in [1.165, 1.54) is 16.8 Å². The van der Waals surface area contributed by atoms with E-state index in [9.17, 15) is 5.26 Å². The minimum atomic E-state index is 0.699. The second kappa shape index (κ2) is 5.87. The fraction of sp³-hybridized carbons (Fsp3) is 0.250. The summed E-state index contributed by atoms with van der Waals surface area (Å²) in [6.45, 7) is 0. The van der Waals surface area contributed by atoms with Gasteiger partial charge in [-0.25, -0.2) is 4.98 Å². The van der Waals surface area contributed by atoms with Crippen LogP contribution < -0.4 is 0 Å². The summed E-state index contributed by atoms with van der Waals surface area (Å²) in [6, 6.07) is 12.1. The molecule has 0 amide bonds. The molecule has 0 saturated carbocycles. The van der Waals surface area contributed by atoms with E-state index in [2.05, 4.69) is 11.1 Å². The summed E-state index contributed by atoms with van der Waals surface area (Å²) in [5, 5.41) is 10.9. The highest BCUT2D eigenvalue weighted by molar-refractivity contribution is 7.98. The highest BCUT2D eigenvalue weighted by atomic mass is 35.5. The molecule has 20 heavy (non-hydrogen) atoms. The number of nitrogens with zero attached hydrogens (tertiary/aromatic N) is 2. The molecule has 0 aliphatic heterocycles. The van der Waals surface area contributed by atoms with Crippen LogP contribution in [0.25, 0.3) is 0 Å². The predicted octanol–water partition coefficient (Wildman–Crippen LogP) is 4.39. The zero-order valence-corrected chi connectivity index (χ0v) is 12.5. The molecule has 1 aromatic carbocycles. The molecular formula is C16H13ClN2S. The first-order valence-electron chi connectivity index (χ1n) is 6.56. The molecule has 1 aliphatic carbocycles. The van der Waals surface area contributed by atoms with Gasteiger partial charge in [-0.15, -0.1) is 11.8 Å². The van der Waals surface area contributed by atoms with Crippen LogP contribution in [0.5, 0.6) is 0 Å². The summed E-state index contributed by atoms with van der Waals surface area (Å²) >= 11 is 7.50. The lowest BCUT2D eigenvalue weighted by Crippen LogP contribution is -1.95. The second-order valence-electron chi connectivity index (χ2n) is 4.83. The van der Waals surface area contributed by atoms with Crippen molar-refractivity contribution < 1.29 is 0 Å². The van der Waals surface area contributed by atoms with Crippen molar-refractivity contribution >= 4 is 23.4 Å². The van der Waals surface area contributed by atoms with Crippen LogP contribution in [-0.2, 0) is 18.6 Å². The molecule has 0 radical (unpaired) electrons. The molecule has 1 aromatic heterocycles. The monoisotopic (exact) mass is 300 g/mol. The van der Waals surface area contributed by atoms with E-state index in [1.807, 2.05) is 30.3 Å². The van der Waals surface area contributed by atoms with Crippen LogP contribution in [0.2, 0.25) is 5.02 Å². The molecule has 100 valence electrons. The molecule has 2 aromatic rings. The van der Waals surface area contributed by atoms with E-state index >= 15 is 0 Å². The van der Waals surface area contributed by atoms with Gasteiger partial charge in [-0.05, 0) is 48.6 Å². The molecule has 0 spiro atoms. The highest BCUT2D eigenvalue weighted by Gasteiger charge is 2.16. The van der Waals surface area contributed by atoms with Gasteiger partial charge >= 0.3 is 0 Å². The summed E-state index contributed by atoms with van der Waals surface area (Å²) < 4.78 is 0. The first-order chi connectivity index (χ1) is 9.76. The van der Waals surface area contributed by atoms with Crippen LogP contribution in [0.15, 0.2) is 35.4 Å². The number of hydrogen-bond donors (Lipinski definition) is 0. The molecule has 0 N–H and O–H groups in total. The van der Waals surface area contributed by atoms with Crippen molar-refractivity contribution in [2.75, 3.05) is 0 Å². The molecule has 0 saturated heterocycles. The minimum Gasteiger partial charge on any atom is -0.245 e. The lowest BCUT2D eigenvalue weighted by atomic mass is 10.2. The van der Waals surface area contributed by atoms with Crippen LogP contribution in [0.3, 0.4) is 0 Å². The van der Waals surface area contributed by atoms with E-state index in [0.717, 1.165) is 35.1 Å². The number of halogens is 1. The first kappa shape index (κ1) is 13.5. The lowest BCUT2D eigenvalue weighted by molar-refractivity contribution is 0.891. The van der Waals surface area contributed by atoms with Crippen LogP contribution in [0.1, 0.15) is 28.8 Å². The zero-order chi connectivity index (χ0) is 13.9. The van der Waals surface area contributed by atoms with Crippen molar-refractivity contribution in [2.24, 2.45) is 0 Å². The van der Waals surface area contributed by atoms with Crippen molar-refractivity contribution in [3.8, 4) is 6.07 Å². The van der Waals surface area contributed by atoms with Crippen molar-refractivity contribution in [3.63, 3.8) is 0 Å². The number of aryl methyl sites for hydroxylation is 2. The molecule has 0 fully saturated rings. The van der Waals surface area contributed by atoms with Gasteiger partial charge in [-0.2, -0.15) is 5.26 Å². The average molecular weight is 301 g/mol. The average Bonchev–Trinajstić information content (AvgIpc) is 2.92. The van der Waals surface area contributed by atoms with E-state index in [0.29, 0.717) is 5.56 Å². The molecule has 4 heteroatoms. The topological polar surface area (TPSA) is 36.7 Å². The summed E-state index contributed by atoms with van der Waals surface area (Å²) in [4.78, 5) is 4.67. The Labute approximate surface area is 127 Å². The van der Waals surface area contributed by atoms with E-state index in [4.69, 9.17) is 11.6 Å². The molecule has 2 nitrogen and oxygen atoms in total. The molecule has 0 atom stereocenters. The Bertz CT molecular complexity index is 674. The molecule has 3 rings (SSSR count). The van der Waals surface area contributed by atoms with Gasteiger partial charge < -0.3 is 0 Å². The Morgan fingerprint density at radius 3 is 2.80 bits per heavy atom. The van der Waals surface area contributed by atoms with Crippen molar-refractivity contribution in [3.05, 3.63) is 57.7 Å². The fourth-order valence-corrected chi connectivity index (χ4v) is 3.43. The van der Waals surface area contributed by atoms with Gasteiger partial charge in [-0.1, -0.05) is 23.7 Å². The van der Waals surface area contributed by atoms with Gasteiger partial charge in [0.2, 0.25) is 0 Å². The number of nitriles is 1. The van der Waals surface area contributed by atoms with Gasteiger partial charge in [0.05, 0.1) is 5.56 Å². The third kappa shape index (κ3) is 2.82. The van der Waals surface area contributed by atoms with E-state index in [-0.39, 0.29) is 0 Å². The second-order valence-corrected chi connectivity index (χ2v) is 6.23.